The maximum atomic E-state index is 14.1. The van der Waals surface area contributed by atoms with Gasteiger partial charge < -0.3 is 5.73 Å². The molecule has 0 aromatic heterocycles. The average Bonchev–Trinajstić information content (AvgIpc) is 2.13. The Hall–Kier alpha value is -0.890. The van der Waals surface area contributed by atoms with Crippen molar-refractivity contribution < 1.29 is 4.39 Å². The zero-order valence-electron chi connectivity index (χ0n) is 9.17. The third-order valence-electron chi connectivity index (χ3n) is 3.15. The molecule has 2 heteroatoms. The van der Waals surface area contributed by atoms with Crippen LogP contribution < -0.4 is 5.73 Å². The van der Waals surface area contributed by atoms with Crippen LogP contribution in [0.1, 0.15) is 37.3 Å². The first-order valence-electron chi connectivity index (χ1n) is 5.64. The van der Waals surface area contributed by atoms with Crippen LogP contribution in [-0.4, -0.2) is 6.04 Å². The minimum absolute atomic E-state index is 0.136. The summed E-state index contributed by atoms with van der Waals surface area (Å²) in [5.41, 5.74) is 6.67. The molecule has 0 heterocycles. The molecule has 1 aromatic rings. The smallest absolute Gasteiger partial charge is 0.136 e. The fourth-order valence-corrected chi connectivity index (χ4v) is 2.12. The highest BCUT2D eigenvalue weighted by Gasteiger charge is 2.38. The minimum atomic E-state index is -1.05. The second-order valence-corrected chi connectivity index (χ2v) is 4.70. The van der Waals surface area contributed by atoms with Crippen LogP contribution in [-0.2, 0) is 12.1 Å². The van der Waals surface area contributed by atoms with Gasteiger partial charge >= 0.3 is 0 Å². The first-order valence-corrected chi connectivity index (χ1v) is 5.64. The van der Waals surface area contributed by atoms with Gasteiger partial charge in [0.1, 0.15) is 5.67 Å². The van der Waals surface area contributed by atoms with Crippen LogP contribution in [0.2, 0.25) is 0 Å². The number of alkyl halides is 1. The van der Waals surface area contributed by atoms with E-state index in [1.54, 1.807) is 0 Å². The second-order valence-electron chi connectivity index (χ2n) is 4.70. The van der Waals surface area contributed by atoms with Gasteiger partial charge in [0.05, 0.1) is 0 Å². The molecule has 2 N–H and O–H groups in total. The Morgan fingerprint density at radius 1 is 1.47 bits per heavy atom. The van der Waals surface area contributed by atoms with Crippen molar-refractivity contribution in [2.75, 3.05) is 0 Å². The lowest BCUT2D eigenvalue weighted by molar-refractivity contribution is 0.0608. The number of rotatable bonds is 3. The zero-order chi connectivity index (χ0) is 10.9. The lowest BCUT2D eigenvalue weighted by Gasteiger charge is -2.34. The van der Waals surface area contributed by atoms with Crippen LogP contribution in [0.4, 0.5) is 4.39 Å². The fourth-order valence-electron chi connectivity index (χ4n) is 2.12. The van der Waals surface area contributed by atoms with Crippen LogP contribution in [0.25, 0.3) is 0 Å². The molecule has 1 fully saturated rings. The van der Waals surface area contributed by atoms with Crippen molar-refractivity contribution in [2.24, 2.45) is 5.73 Å². The quantitative estimate of drug-likeness (QED) is 0.810. The minimum Gasteiger partial charge on any atom is -0.328 e. The molecule has 2 rings (SSSR count). The standard InChI is InChI=1S/C13H18FN/c1-10(15)8-11-4-2-5-12(9-11)13(14)6-3-7-13/h2,4-5,9-10H,3,6-8,15H2,1H3. The van der Waals surface area contributed by atoms with Gasteiger partial charge in [0.15, 0.2) is 0 Å². The molecule has 1 nitrogen and oxygen atoms in total. The number of hydrogen-bond donors (Lipinski definition) is 1. The van der Waals surface area contributed by atoms with E-state index in [0.717, 1.165) is 24.0 Å². The lowest BCUT2D eigenvalue weighted by Crippen LogP contribution is -2.29. The van der Waals surface area contributed by atoms with E-state index in [9.17, 15) is 4.39 Å². The van der Waals surface area contributed by atoms with Crippen molar-refractivity contribution in [3.63, 3.8) is 0 Å². The molecule has 1 aliphatic carbocycles. The first-order chi connectivity index (χ1) is 7.10. The molecule has 0 radical (unpaired) electrons. The highest BCUT2D eigenvalue weighted by Crippen LogP contribution is 2.45. The van der Waals surface area contributed by atoms with Gasteiger partial charge in [-0.15, -0.1) is 0 Å². The van der Waals surface area contributed by atoms with Crippen LogP contribution in [0.15, 0.2) is 24.3 Å². The van der Waals surface area contributed by atoms with Crippen molar-refractivity contribution in [3.8, 4) is 0 Å². The largest absolute Gasteiger partial charge is 0.328 e. The van der Waals surface area contributed by atoms with E-state index in [1.807, 2.05) is 31.2 Å². The molecule has 15 heavy (non-hydrogen) atoms. The molecule has 0 bridgehead atoms. The SMILES string of the molecule is CC(N)Cc1cccc(C2(F)CCC2)c1. The van der Waals surface area contributed by atoms with Crippen LogP contribution in [0.5, 0.6) is 0 Å². The second kappa shape index (κ2) is 3.93. The Morgan fingerprint density at radius 2 is 2.20 bits per heavy atom. The van der Waals surface area contributed by atoms with Crippen molar-refractivity contribution in [1.82, 2.24) is 0 Å². The summed E-state index contributed by atoms with van der Waals surface area (Å²) in [4.78, 5) is 0. The van der Waals surface area contributed by atoms with Crippen molar-refractivity contribution >= 4 is 0 Å². The molecule has 82 valence electrons. The van der Waals surface area contributed by atoms with Crippen molar-refractivity contribution in [1.29, 1.82) is 0 Å². The Kier molecular flexibility index (Phi) is 2.79. The van der Waals surface area contributed by atoms with Crippen molar-refractivity contribution in [2.45, 2.75) is 44.3 Å². The molecule has 0 amide bonds. The highest BCUT2D eigenvalue weighted by molar-refractivity contribution is 5.30. The monoisotopic (exact) mass is 207 g/mol. The summed E-state index contributed by atoms with van der Waals surface area (Å²) >= 11 is 0. The first kappa shape index (κ1) is 10.6. The zero-order valence-corrected chi connectivity index (χ0v) is 9.17. The number of hydrogen-bond acceptors (Lipinski definition) is 1. The molecular formula is C13H18FN. The Morgan fingerprint density at radius 3 is 2.73 bits per heavy atom. The maximum absolute atomic E-state index is 14.1. The van der Waals surface area contributed by atoms with Gasteiger partial charge in [-0.3, -0.25) is 0 Å². The normalized spacial score (nSPS) is 20.7. The summed E-state index contributed by atoms with van der Waals surface area (Å²) < 4.78 is 14.1. The van der Waals surface area contributed by atoms with E-state index in [2.05, 4.69) is 0 Å². The molecule has 0 saturated heterocycles. The summed E-state index contributed by atoms with van der Waals surface area (Å²) in [6.07, 6.45) is 3.18. The van der Waals surface area contributed by atoms with E-state index in [-0.39, 0.29) is 6.04 Å². The summed E-state index contributed by atoms with van der Waals surface area (Å²) in [7, 11) is 0. The Bertz CT molecular complexity index is 342. The number of nitrogens with two attached hydrogens (primary N) is 1. The van der Waals surface area contributed by atoms with Gasteiger partial charge in [0.25, 0.3) is 0 Å². The summed E-state index contributed by atoms with van der Waals surface area (Å²) in [5.74, 6) is 0. The molecule has 1 atom stereocenters. The third kappa shape index (κ3) is 2.20. The molecule has 1 aliphatic rings. The predicted molar refractivity (Wildman–Crippen MR) is 60.4 cm³/mol. The summed E-state index contributed by atoms with van der Waals surface area (Å²) in [6, 6.07) is 7.96. The van der Waals surface area contributed by atoms with Crippen LogP contribution in [0.3, 0.4) is 0 Å². The predicted octanol–water partition coefficient (Wildman–Crippen LogP) is 2.93. The van der Waals surface area contributed by atoms with E-state index >= 15 is 0 Å². The molecular weight excluding hydrogens is 189 g/mol. The Balaban J connectivity index is 2.19. The topological polar surface area (TPSA) is 26.0 Å². The van der Waals surface area contributed by atoms with Gasteiger partial charge in [-0.05, 0) is 43.7 Å². The lowest BCUT2D eigenvalue weighted by atomic mass is 9.76. The third-order valence-corrected chi connectivity index (χ3v) is 3.15. The van der Waals surface area contributed by atoms with Gasteiger partial charge in [-0.2, -0.15) is 0 Å². The van der Waals surface area contributed by atoms with E-state index < -0.39 is 5.67 Å². The number of benzene rings is 1. The Labute approximate surface area is 90.5 Å². The molecule has 0 aliphatic heterocycles. The highest BCUT2D eigenvalue weighted by atomic mass is 19.1. The summed E-state index contributed by atoms with van der Waals surface area (Å²) in [5, 5.41) is 0. The molecule has 0 spiro atoms. The summed E-state index contributed by atoms with van der Waals surface area (Å²) in [6.45, 7) is 1.97. The van der Waals surface area contributed by atoms with E-state index in [1.165, 1.54) is 0 Å². The maximum Gasteiger partial charge on any atom is 0.136 e. The fraction of sp³-hybridized carbons (Fsp3) is 0.538. The van der Waals surface area contributed by atoms with E-state index in [0.29, 0.717) is 12.8 Å². The number of halogens is 1. The van der Waals surface area contributed by atoms with Gasteiger partial charge in [-0.1, -0.05) is 24.3 Å². The van der Waals surface area contributed by atoms with Gasteiger partial charge in [-0.25, -0.2) is 4.39 Å². The van der Waals surface area contributed by atoms with Gasteiger partial charge in [0.2, 0.25) is 0 Å². The van der Waals surface area contributed by atoms with E-state index in [4.69, 9.17) is 5.73 Å². The van der Waals surface area contributed by atoms with Crippen LogP contribution in [0, 0.1) is 0 Å². The molecule has 1 aromatic carbocycles. The molecule has 1 unspecified atom stereocenters. The van der Waals surface area contributed by atoms with Crippen LogP contribution >= 0.6 is 0 Å². The molecule has 1 saturated carbocycles. The average molecular weight is 207 g/mol. The van der Waals surface area contributed by atoms with Gasteiger partial charge in [0, 0.05) is 6.04 Å². The van der Waals surface area contributed by atoms with Crippen molar-refractivity contribution in [3.05, 3.63) is 35.4 Å².